The van der Waals surface area contributed by atoms with E-state index >= 15 is 0 Å². The van der Waals surface area contributed by atoms with Gasteiger partial charge in [-0.2, -0.15) is 0 Å². The van der Waals surface area contributed by atoms with Gasteiger partial charge in [-0.25, -0.2) is 11.3 Å². The van der Waals surface area contributed by atoms with Crippen LogP contribution in [0.2, 0.25) is 0 Å². The van der Waals surface area contributed by atoms with Crippen molar-refractivity contribution in [2.75, 3.05) is 0 Å². The molecule has 0 saturated heterocycles. The topological polar surface area (TPSA) is 148 Å². The lowest BCUT2D eigenvalue weighted by Gasteiger charge is -2.42. The molecule has 0 aromatic heterocycles. The first-order valence-corrected chi connectivity index (χ1v) is 11.0. The zero-order valence-corrected chi connectivity index (χ0v) is 19.7. The summed E-state index contributed by atoms with van der Waals surface area (Å²) >= 11 is 0. The van der Waals surface area contributed by atoms with Gasteiger partial charge >= 0.3 is 0 Å². The summed E-state index contributed by atoms with van der Waals surface area (Å²) in [6, 6.07) is 8.43. The highest BCUT2D eigenvalue weighted by Crippen LogP contribution is 2.45. The summed E-state index contributed by atoms with van der Waals surface area (Å²) in [7, 11) is 0. The van der Waals surface area contributed by atoms with Crippen LogP contribution in [0.5, 0.6) is 0 Å². The molecule has 0 heterocycles. The lowest BCUT2D eigenvalue weighted by atomic mass is 9.60. The fraction of sp³-hybridized carbons (Fsp3) is 0.542. The average Bonchev–Trinajstić information content (AvgIpc) is 2.75. The number of hydrazine groups is 1. The Kier molecular flexibility index (Phi) is 10.7. The SMILES string of the molecule is CC(C)C[C@@H](C(=O)NN)[C@H](C(=O)NO)C(/C=C/c1ccccc1)(CC(C)C)C(=O)[C@@H](C)N. The van der Waals surface area contributed by atoms with E-state index in [4.69, 9.17) is 11.6 Å². The summed E-state index contributed by atoms with van der Waals surface area (Å²) in [5, 5.41) is 9.62. The molecule has 0 fully saturated rings. The smallest absolute Gasteiger partial charge is 0.248 e. The molecule has 7 N–H and O–H groups in total. The molecular formula is C24H38N4O4. The van der Waals surface area contributed by atoms with Gasteiger partial charge in [-0.15, -0.1) is 0 Å². The van der Waals surface area contributed by atoms with Crippen molar-refractivity contribution >= 4 is 23.7 Å². The normalized spacial score (nSPS) is 16.4. The Morgan fingerprint density at radius 3 is 2.06 bits per heavy atom. The van der Waals surface area contributed by atoms with Crippen molar-refractivity contribution in [1.29, 1.82) is 0 Å². The first kappa shape index (κ1) is 27.5. The number of amides is 2. The largest absolute Gasteiger partial charge is 0.322 e. The molecule has 1 rings (SSSR count). The number of allylic oxidation sites excluding steroid dienone is 1. The maximum atomic E-state index is 13.7. The number of hydrogen-bond acceptors (Lipinski definition) is 6. The number of nitrogens with one attached hydrogen (secondary N) is 2. The van der Waals surface area contributed by atoms with Gasteiger partial charge in [-0.05, 0) is 37.2 Å². The van der Waals surface area contributed by atoms with E-state index in [2.05, 4.69) is 5.43 Å². The highest BCUT2D eigenvalue weighted by atomic mass is 16.5. The minimum atomic E-state index is -1.45. The van der Waals surface area contributed by atoms with E-state index in [1.54, 1.807) is 24.6 Å². The third-order valence-electron chi connectivity index (χ3n) is 5.55. The van der Waals surface area contributed by atoms with Crippen LogP contribution >= 0.6 is 0 Å². The molecule has 8 nitrogen and oxygen atoms in total. The fourth-order valence-corrected chi connectivity index (χ4v) is 4.40. The number of benzene rings is 1. The van der Waals surface area contributed by atoms with Crippen LogP contribution in [-0.4, -0.2) is 28.8 Å². The van der Waals surface area contributed by atoms with Gasteiger partial charge in [0.2, 0.25) is 11.8 Å². The number of hydrogen-bond donors (Lipinski definition) is 5. The van der Waals surface area contributed by atoms with Gasteiger partial charge in [0.15, 0.2) is 5.78 Å². The monoisotopic (exact) mass is 446 g/mol. The summed E-state index contributed by atoms with van der Waals surface area (Å²) in [5.74, 6) is 1.48. The predicted molar refractivity (Wildman–Crippen MR) is 125 cm³/mol. The molecule has 178 valence electrons. The van der Waals surface area contributed by atoms with Crippen LogP contribution in [0.1, 0.15) is 53.0 Å². The summed E-state index contributed by atoms with van der Waals surface area (Å²) in [4.78, 5) is 39.6. The van der Waals surface area contributed by atoms with Crippen molar-refractivity contribution in [1.82, 2.24) is 10.9 Å². The van der Waals surface area contributed by atoms with Crippen LogP contribution in [0.3, 0.4) is 0 Å². The number of carbonyl (C=O) groups excluding carboxylic acids is 3. The van der Waals surface area contributed by atoms with Crippen molar-refractivity contribution in [2.24, 2.45) is 40.7 Å². The zero-order valence-electron chi connectivity index (χ0n) is 19.7. The lowest BCUT2D eigenvalue weighted by molar-refractivity contribution is -0.151. The van der Waals surface area contributed by atoms with Crippen LogP contribution in [-0.2, 0) is 14.4 Å². The minimum absolute atomic E-state index is 0.0200. The molecule has 0 bridgehead atoms. The Morgan fingerprint density at radius 2 is 1.62 bits per heavy atom. The molecule has 1 unspecified atom stereocenters. The van der Waals surface area contributed by atoms with E-state index in [0.717, 1.165) is 5.56 Å². The Morgan fingerprint density at radius 1 is 1.03 bits per heavy atom. The van der Waals surface area contributed by atoms with Crippen LogP contribution in [0.15, 0.2) is 36.4 Å². The maximum Gasteiger partial charge on any atom is 0.248 e. The van der Waals surface area contributed by atoms with Gasteiger partial charge < -0.3 is 5.73 Å². The molecular weight excluding hydrogens is 408 g/mol. The van der Waals surface area contributed by atoms with Gasteiger partial charge in [-0.1, -0.05) is 70.2 Å². The standard InChI is InChI=1S/C24H38N4O4/c1-15(2)13-19(22(30)27-26)20(23(31)28-32)24(14-16(3)4,21(29)17(5)25)12-11-18-9-7-6-8-10-18/h6-12,15-17,19-20,32H,13-14,25-26H2,1-5H3,(H,27,30)(H,28,31)/b12-11+/t17-,19-,20-,24?/m1/s1. The first-order valence-electron chi connectivity index (χ1n) is 11.0. The van der Waals surface area contributed by atoms with Gasteiger partial charge in [0.25, 0.3) is 0 Å². The Balaban J connectivity index is 3.88. The summed E-state index contributed by atoms with van der Waals surface area (Å²) in [6.45, 7) is 9.22. The molecule has 4 atom stereocenters. The highest BCUT2D eigenvalue weighted by Gasteiger charge is 2.53. The van der Waals surface area contributed by atoms with E-state index in [9.17, 15) is 19.6 Å². The second kappa shape index (κ2) is 12.5. The second-order valence-electron chi connectivity index (χ2n) is 9.23. The lowest BCUT2D eigenvalue weighted by Crippen LogP contribution is -2.56. The van der Waals surface area contributed by atoms with Gasteiger partial charge in [0.1, 0.15) is 0 Å². The number of hydroxylamine groups is 1. The quantitative estimate of drug-likeness (QED) is 0.144. The number of ketones is 1. The van der Waals surface area contributed by atoms with E-state index < -0.39 is 35.1 Å². The molecule has 0 aliphatic carbocycles. The zero-order chi connectivity index (χ0) is 24.5. The van der Waals surface area contributed by atoms with Crippen LogP contribution in [0, 0.1) is 29.1 Å². The van der Waals surface area contributed by atoms with Crippen molar-refractivity contribution in [3.63, 3.8) is 0 Å². The summed E-state index contributed by atoms with van der Waals surface area (Å²) in [5.41, 5.74) is 9.24. The van der Waals surface area contributed by atoms with Crippen LogP contribution < -0.4 is 22.5 Å². The fourth-order valence-electron chi connectivity index (χ4n) is 4.40. The molecule has 0 aliphatic rings. The number of rotatable bonds is 12. The van der Waals surface area contributed by atoms with Crippen molar-refractivity contribution in [3.05, 3.63) is 42.0 Å². The Hall–Kier alpha value is -2.55. The predicted octanol–water partition coefficient (Wildman–Crippen LogP) is 2.42. The molecule has 8 heteroatoms. The third-order valence-corrected chi connectivity index (χ3v) is 5.55. The maximum absolute atomic E-state index is 13.7. The molecule has 2 amide bonds. The average molecular weight is 447 g/mol. The van der Waals surface area contributed by atoms with Crippen LogP contribution in [0.25, 0.3) is 6.08 Å². The van der Waals surface area contributed by atoms with Gasteiger partial charge in [0.05, 0.1) is 23.3 Å². The molecule has 0 spiro atoms. The number of carbonyl (C=O) groups is 3. The van der Waals surface area contributed by atoms with Gasteiger partial charge in [-0.3, -0.25) is 25.0 Å². The molecule has 0 radical (unpaired) electrons. The van der Waals surface area contributed by atoms with E-state index in [-0.39, 0.29) is 30.5 Å². The molecule has 1 aromatic rings. The number of Topliss-reactive ketones (excluding diaryl/α,β-unsaturated/α-hetero) is 1. The molecule has 0 saturated carbocycles. The first-order chi connectivity index (χ1) is 15.0. The molecule has 32 heavy (non-hydrogen) atoms. The highest BCUT2D eigenvalue weighted by molar-refractivity contribution is 5.99. The van der Waals surface area contributed by atoms with Gasteiger partial charge in [0, 0.05) is 0 Å². The van der Waals surface area contributed by atoms with E-state index in [0.29, 0.717) is 0 Å². The Bertz CT molecular complexity index is 792. The molecule has 1 aromatic carbocycles. The summed E-state index contributed by atoms with van der Waals surface area (Å²) in [6.07, 6.45) is 3.96. The second-order valence-corrected chi connectivity index (χ2v) is 9.23. The Labute approximate surface area is 190 Å². The number of nitrogens with two attached hydrogens (primary N) is 2. The van der Waals surface area contributed by atoms with E-state index in [1.165, 1.54) is 0 Å². The molecule has 0 aliphatic heterocycles. The van der Waals surface area contributed by atoms with Crippen molar-refractivity contribution < 1.29 is 19.6 Å². The third kappa shape index (κ3) is 6.98. The minimum Gasteiger partial charge on any atom is -0.322 e. The van der Waals surface area contributed by atoms with Crippen molar-refractivity contribution in [3.8, 4) is 0 Å². The van der Waals surface area contributed by atoms with Crippen LogP contribution in [0.4, 0.5) is 0 Å². The summed E-state index contributed by atoms with van der Waals surface area (Å²) < 4.78 is 0. The van der Waals surface area contributed by atoms with Crippen molar-refractivity contribution in [2.45, 2.75) is 53.5 Å². The van der Waals surface area contributed by atoms with E-state index in [1.807, 2.05) is 58.0 Å².